The third-order valence-corrected chi connectivity index (χ3v) is 2.15. The van der Waals surface area contributed by atoms with Gasteiger partial charge in [-0.3, -0.25) is 0 Å². The Morgan fingerprint density at radius 1 is 1.38 bits per heavy atom. The van der Waals surface area contributed by atoms with Crippen molar-refractivity contribution in [3.63, 3.8) is 0 Å². The zero-order valence-electron chi connectivity index (χ0n) is 8.75. The van der Waals surface area contributed by atoms with Crippen LogP contribution in [0.15, 0.2) is 36.4 Å². The van der Waals surface area contributed by atoms with Crippen LogP contribution in [0.1, 0.15) is 0 Å². The van der Waals surface area contributed by atoms with Crippen LogP contribution in [-0.4, -0.2) is 23.0 Å². The second kappa shape index (κ2) is 4.06. The highest BCUT2D eigenvalue weighted by molar-refractivity contribution is 5.78. The topological polar surface area (TPSA) is 70.1 Å². The molecule has 2 rings (SSSR count). The first-order valence-corrected chi connectivity index (χ1v) is 4.71. The second-order valence-corrected chi connectivity index (χ2v) is 3.20. The van der Waals surface area contributed by atoms with E-state index in [-0.39, 0.29) is 5.82 Å². The predicted molar refractivity (Wildman–Crippen MR) is 59.9 cm³/mol. The summed E-state index contributed by atoms with van der Waals surface area (Å²) in [5.41, 5.74) is 7.04. The zero-order valence-corrected chi connectivity index (χ0v) is 8.75. The number of carbonyl (C=O) groups excluding carboxylic acids is 1. The lowest BCUT2D eigenvalue weighted by atomic mass is 10.1. The number of methoxy groups -OCH3 is 1. The van der Waals surface area contributed by atoms with Crippen molar-refractivity contribution in [3.8, 4) is 11.3 Å². The van der Waals surface area contributed by atoms with Crippen LogP contribution in [0, 0.1) is 0 Å². The minimum Gasteiger partial charge on any atom is -0.451 e. The fourth-order valence-electron chi connectivity index (χ4n) is 1.44. The quantitative estimate of drug-likeness (QED) is 0.789. The van der Waals surface area contributed by atoms with Gasteiger partial charge < -0.3 is 10.5 Å². The molecule has 0 aliphatic rings. The Bertz CT molecular complexity index is 505. The summed E-state index contributed by atoms with van der Waals surface area (Å²) >= 11 is 0. The Morgan fingerprint density at radius 3 is 2.69 bits per heavy atom. The van der Waals surface area contributed by atoms with E-state index < -0.39 is 6.09 Å². The van der Waals surface area contributed by atoms with E-state index in [1.807, 2.05) is 30.3 Å². The summed E-state index contributed by atoms with van der Waals surface area (Å²) < 4.78 is 5.76. The molecular formula is C11H11N3O2. The van der Waals surface area contributed by atoms with Crippen LogP contribution in [0.4, 0.5) is 10.6 Å². The van der Waals surface area contributed by atoms with Crippen LogP contribution in [0.25, 0.3) is 11.3 Å². The van der Waals surface area contributed by atoms with E-state index in [9.17, 15) is 4.79 Å². The molecule has 0 spiro atoms. The van der Waals surface area contributed by atoms with Gasteiger partial charge in [-0.25, -0.2) is 4.79 Å². The van der Waals surface area contributed by atoms with Gasteiger partial charge in [0.05, 0.1) is 12.8 Å². The fraction of sp³-hybridized carbons (Fsp3) is 0.0909. The zero-order chi connectivity index (χ0) is 11.5. The molecule has 82 valence electrons. The molecule has 0 amide bonds. The lowest BCUT2D eigenvalue weighted by molar-refractivity contribution is 0.170. The lowest BCUT2D eigenvalue weighted by Crippen LogP contribution is -2.14. The molecule has 0 bridgehead atoms. The summed E-state index contributed by atoms with van der Waals surface area (Å²) in [5.74, 6) is 0.282. The monoisotopic (exact) mass is 217 g/mol. The molecule has 5 nitrogen and oxygen atoms in total. The van der Waals surface area contributed by atoms with Crippen molar-refractivity contribution in [2.45, 2.75) is 0 Å². The Labute approximate surface area is 92.4 Å². The van der Waals surface area contributed by atoms with Crippen LogP contribution in [0.3, 0.4) is 0 Å². The molecule has 2 N–H and O–H groups in total. The molecule has 1 aromatic carbocycles. The number of aromatic nitrogens is 2. The molecule has 0 aliphatic heterocycles. The lowest BCUT2D eigenvalue weighted by Gasteiger charge is -2.03. The Morgan fingerprint density at radius 2 is 2.06 bits per heavy atom. The number of hydrogen-bond donors (Lipinski definition) is 1. The van der Waals surface area contributed by atoms with E-state index in [4.69, 9.17) is 5.73 Å². The molecule has 1 aromatic heterocycles. The van der Waals surface area contributed by atoms with Crippen molar-refractivity contribution in [2.24, 2.45) is 0 Å². The van der Waals surface area contributed by atoms with Crippen molar-refractivity contribution >= 4 is 11.9 Å². The Kier molecular flexibility index (Phi) is 2.59. The highest BCUT2D eigenvalue weighted by atomic mass is 16.5. The van der Waals surface area contributed by atoms with E-state index in [1.165, 1.54) is 7.11 Å². The average molecular weight is 217 g/mol. The standard InChI is InChI=1S/C11H11N3O2/c1-16-11(15)14-9(7-10(12)13-14)8-5-3-2-4-6-8/h2-7H,1H3,(H2,12,13). The number of nitrogens with two attached hydrogens (primary N) is 1. The molecule has 5 heteroatoms. The van der Waals surface area contributed by atoms with Crippen LogP contribution >= 0.6 is 0 Å². The van der Waals surface area contributed by atoms with Gasteiger partial charge in [0.1, 0.15) is 5.82 Å². The van der Waals surface area contributed by atoms with Crippen LogP contribution in [-0.2, 0) is 4.74 Å². The highest BCUT2D eigenvalue weighted by Crippen LogP contribution is 2.21. The number of rotatable bonds is 1. The summed E-state index contributed by atoms with van der Waals surface area (Å²) in [5, 5.41) is 3.88. The van der Waals surface area contributed by atoms with Gasteiger partial charge in [-0.05, 0) is 0 Å². The summed E-state index contributed by atoms with van der Waals surface area (Å²) in [4.78, 5) is 11.4. The predicted octanol–water partition coefficient (Wildman–Crippen LogP) is 1.75. The van der Waals surface area contributed by atoms with Gasteiger partial charge in [0.25, 0.3) is 0 Å². The number of nitrogens with zero attached hydrogens (tertiary/aromatic N) is 2. The van der Waals surface area contributed by atoms with Gasteiger partial charge in [-0.1, -0.05) is 30.3 Å². The molecule has 0 fully saturated rings. The van der Waals surface area contributed by atoms with Crippen molar-refractivity contribution < 1.29 is 9.53 Å². The third-order valence-electron chi connectivity index (χ3n) is 2.15. The Balaban J connectivity index is 2.53. The number of benzene rings is 1. The van der Waals surface area contributed by atoms with Crippen molar-refractivity contribution in [3.05, 3.63) is 36.4 Å². The van der Waals surface area contributed by atoms with Gasteiger partial charge >= 0.3 is 6.09 Å². The summed E-state index contributed by atoms with van der Waals surface area (Å²) in [7, 11) is 1.30. The molecular weight excluding hydrogens is 206 g/mol. The minimum absolute atomic E-state index is 0.282. The molecule has 0 saturated heterocycles. The third kappa shape index (κ3) is 1.75. The average Bonchev–Trinajstić information content (AvgIpc) is 2.71. The van der Waals surface area contributed by atoms with Crippen LogP contribution < -0.4 is 5.73 Å². The van der Waals surface area contributed by atoms with Gasteiger partial charge in [0.2, 0.25) is 0 Å². The van der Waals surface area contributed by atoms with Crippen LogP contribution in [0.2, 0.25) is 0 Å². The molecule has 16 heavy (non-hydrogen) atoms. The maximum absolute atomic E-state index is 11.4. The van der Waals surface area contributed by atoms with E-state index in [1.54, 1.807) is 6.07 Å². The van der Waals surface area contributed by atoms with Gasteiger partial charge in [0, 0.05) is 11.6 Å². The molecule has 0 atom stereocenters. The van der Waals surface area contributed by atoms with E-state index in [0.717, 1.165) is 10.2 Å². The van der Waals surface area contributed by atoms with Gasteiger partial charge in [0.15, 0.2) is 0 Å². The molecule has 0 saturated carbocycles. The first-order chi connectivity index (χ1) is 7.72. The van der Waals surface area contributed by atoms with E-state index in [2.05, 4.69) is 9.84 Å². The minimum atomic E-state index is -0.560. The maximum Gasteiger partial charge on any atom is 0.435 e. The number of hydrogen-bond acceptors (Lipinski definition) is 4. The van der Waals surface area contributed by atoms with Gasteiger partial charge in [-0.15, -0.1) is 5.10 Å². The summed E-state index contributed by atoms with van der Waals surface area (Å²) in [6.45, 7) is 0. The highest BCUT2D eigenvalue weighted by Gasteiger charge is 2.14. The normalized spacial score (nSPS) is 10.1. The first-order valence-electron chi connectivity index (χ1n) is 4.71. The van der Waals surface area contributed by atoms with Crippen LogP contribution in [0.5, 0.6) is 0 Å². The Hall–Kier alpha value is -2.30. The van der Waals surface area contributed by atoms with Crippen molar-refractivity contribution in [2.75, 3.05) is 12.8 Å². The van der Waals surface area contributed by atoms with Crippen molar-refractivity contribution in [1.82, 2.24) is 9.78 Å². The van der Waals surface area contributed by atoms with E-state index in [0.29, 0.717) is 5.69 Å². The molecule has 0 aliphatic carbocycles. The summed E-state index contributed by atoms with van der Waals surface area (Å²) in [6, 6.07) is 11.0. The SMILES string of the molecule is COC(=O)n1nc(N)cc1-c1ccccc1. The number of carbonyl (C=O) groups is 1. The molecule has 0 radical (unpaired) electrons. The van der Waals surface area contributed by atoms with Crippen molar-refractivity contribution in [1.29, 1.82) is 0 Å². The van der Waals surface area contributed by atoms with Gasteiger partial charge in [-0.2, -0.15) is 4.68 Å². The number of nitrogen functional groups attached to an aromatic ring is 1. The molecule has 0 unspecified atom stereocenters. The fourth-order valence-corrected chi connectivity index (χ4v) is 1.44. The molecule has 1 heterocycles. The number of ether oxygens (including phenoxy) is 1. The largest absolute Gasteiger partial charge is 0.451 e. The second-order valence-electron chi connectivity index (χ2n) is 3.20. The number of anilines is 1. The van der Waals surface area contributed by atoms with E-state index >= 15 is 0 Å². The maximum atomic E-state index is 11.4. The smallest absolute Gasteiger partial charge is 0.435 e. The first kappa shape index (κ1) is 10.2. The summed E-state index contributed by atoms with van der Waals surface area (Å²) in [6.07, 6.45) is -0.560. The molecule has 2 aromatic rings.